The first-order valence-corrected chi connectivity index (χ1v) is 6.21. The van der Waals surface area contributed by atoms with E-state index in [1.807, 2.05) is 18.8 Å². The van der Waals surface area contributed by atoms with Gasteiger partial charge in [-0.3, -0.25) is 0 Å². The van der Waals surface area contributed by atoms with Gasteiger partial charge < -0.3 is 5.32 Å². The lowest BCUT2D eigenvalue weighted by Crippen LogP contribution is -1.93. The highest BCUT2D eigenvalue weighted by molar-refractivity contribution is 8.00. The standard InChI is InChI=1S/C12H17NS/c1-13-10-5-4-8-12(9-10)14-11-6-2-3-7-11/h4-5,8-9,11,13H,2-3,6-7H2,1H3. The van der Waals surface area contributed by atoms with Crippen molar-refractivity contribution in [2.45, 2.75) is 35.8 Å². The summed E-state index contributed by atoms with van der Waals surface area (Å²) < 4.78 is 0. The molecule has 0 bridgehead atoms. The molecule has 0 saturated heterocycles. The maximum absolute atomic E-state index is 3.18. The van der Waals surface area contributed by atoms with Gasteiger partial charge in [0.05, 0.1) is 0 Å². The minimum atomic E-state index is 0.863. The summed E-state index contributed by atoms with van der Waals surface area (Å²) in [7, 11) is 1.97. The first-order valence-electron chi connectivity index (χ1n) is 5.33. The van der Waals surface area contributed by atoms with Crippen LogP contribution in [-0.4, -0.2) is 12.3 Å². The van der Waals surface area contributed by atoms with Crippen LogP contribution in [0.5, 0.6) is 0 Å². The molecule has 1 N–H and O–H groups in total. The van der Waals surface area contributed by atoms with Crippen molar-refractivity contribution in [2.75, 3.05) is 12.4 Å². The first kappa shape index (κ1) is 9.91. The van der Waals surface area contributed by atoms with Gasteiger partial charge in [-0.1, -0.05) is 18.9 Å². The zero-order valence-electron chi connectivity index (χ0n) is 8.62. The third kappa shape index (κ3) is 2.44. The molecule has 0 heterocycles. The summed E-state index contributed by atoms with van der Waals surface area (Å²) in [6, 6.07) is 8.69. The Hall–Kier alpha value is -0.630. The second kappa shape index (κ2) is 4.74. The molecule has 0 aromatic heterocycles. The molecule has 0 spiro atoms. The number of benzene rings is 1. The van der Waals surface area contributed by atoms with Gasteiger partial charge in [0.25, 0.3) is 0 Å². The molecular formula is C12H17NS. The Morgan fingerprint density at radius 2 is 2.07 bits per heavy atom. The van der Waals surface area contributed by atoms with Crippen molar-refractivity contribution in [2.24, 2.45) is 0 Å². The largest absolute Gasteiger partial charge is 0.388 e. The molecule has 1 nitrogen and oxygen atoms in total. The minimum absolute atomic E-state index is 0.863. The van der Waals surface area contributed by atoms with Crippen molar-refractivity contribution in [3.8, 4) is 0 Å². The zero-order valence-corrected chi connectivity index (χ0v) is 9.44. The van der Waals surface area contributed by atoms with E-state index in [0.717, 1.165) is 5.25 Å². The fourth-order valence-electron chi connectivity index (χ4n) is 1.92. The van der Waals surface area contributed by atoms with Gasteiger partial charge in [0.15, 0.2) is 0 Å². The molecular weight excluding hydrogens is 190 g/mol. The van der Waals surface area contributed by atoms with Gasteiger partial charge in [0.1, 0.15) is 0 Å². The molecule has 2 heteroatoms. The number of hydrogen-bond donors (Lipinski definition) is 1. The van der Waals surface area contributed by atoms with E-state index in [0.29, 0.717) is 0 Å². The second-order valence-electron chi connectivity index (χ2n) is 3.80. The summed E-state index contributed by atoms with van der Waals surface area (Å²) in [6.07, 6.45) is 5.63. The Balaban J connectivity index is 2.00. The van der Waals surface area contributed by atoms with Crippen molar-refractivity contribution in [3.63, 3.8) is 0 Å². The van der Waals surface area contributed by atoms with Crippen molar-refractivity contribution in [1.29, 1.82) is 0 Å². The van der Waals surface area contributed by atoms with Gasteiger partial charge in [0.2, 0.25) is 0 Å². The molecule has 1 aromatic carbocycles. The van der Waals surface area contributed by atoms with Crippen molar-refractivity contribution >= 4 is 17.4 Å². The second-order valence-corrected chi connectivity index (χ2v) is 5.18. The molecule has 2 rings (SSSR count). The summed E-state index contributed by atoms with van der Waals surface area (Å²) in [6.45, 7) is 0. The van der Waals surface area contributed by atoms with E-state index in [9.17, 15) is 0 Å². The van der Waals surface area contributed by atoms with Crippen molar-refractivity contribution in [3.05, 3.63) is 24.3 Å². The molecule has 1 aliphatic rings. The van der Waals surface area contributed by atoms with Crippen LogP contribution in [0.15, 0.2) is 29.2 Å². The third-order valence-corrected chi connectivity index (χ3v) is 4.06. The van der Waals surface area contributed by atoms with E-state index < -0.39 is 0 Å². The highest BCUT2D eigenvalue weighted by Gasteiger charge is 2.15. The Kier molecular flexibility index (Phi) is 3.35. The molecule has 1 saturated carbocycles. The van der Waals surface area contributed by atoms with E-state index in [2.05, 4.69) is 29.6 Å². The van der Waals surface area contributed by atoms with Gasteiger partial charge in [0, 0.05) is 22.9 Å². The number of nitrogens with one attached hydrogen (secondary N) is 1. The van der Waals surface area contributed by atoms with Gasteiger partial charge in [-0.15, -0.1) is 11.8 Å². The first-order chi connectivity index (χ1) is 6.88. The summed E-state index contributed by atoms with van der Waals surface area (Å²) >= 11 is 2.04. The topological polar surface area (TPSA) is 12.0 Å². The van der Waals surface area contributed by atoms with Crippen LogP contribution in [0.4, 0.5) is 5.69 Å². The van der Waals surface area contributed by atoms with Crippen LogP contribution >= 0.6 is 11.8 Å². The number of rotatable bonds is 3. The van der Waals surface area contributed by atoms with E-state index in [1.54, 1.807) is 0 Å². The average Bonchev–Trinajstić information content (AvgIpc) is 2.71. The molecule has 76 valence electrons. The number of anilines is 1. The Morgan fingerprint density at radius 3 is 2.79 bits per heavy atom. The minimum Gasteiger partial charge on any atom is -0.388 e. The van der Waals surface area contributed by atoms with Gasteiger partial charge in [-0.2, -0.15) is 0 Å². The molecule has 0 amide bonds. The maximum Gasteiger partial charge on any atom is 0.0348 e. The van der Waals surface area contributed by atoms with Crippen LogP contribution in [0, 0.1) is 0 Å². The smallest absolute Gasteiger partial charge is 0.0348 e. The summed E-state index contributed by atoms with van der Waals surface area (Å²) in [5.74, 6) is 0. The fourth-order valence-corrected chi connectivity index (χ4v) is 3.23. The summed E-state index contributed by atoms with van der Waals surface area (Å²) in [4.78, 5) is 1.41. The van der Waals surface area contributed by atoms with Gasteiger partial charge in [-0.05, 0) is 31.0 Å². The number of hydrogen-bond acceptors (Lipinski definition) is 2. The van der Waals surface area contributed by atoms with Crippen molar-refractivity contribution in [1.82, 2.24) is 0 Å². The van der Waals surface area contributed by atoms with Gasteiger partial charge >= 0.3 is 0 Å². The highest BCUT2D eigenvalue weighted by Crippen LogP contribution is 2.35. The maximum atomic E-state index is 3.18. The van der Waals surface area contributed by atoms with E-state index in [4.69, 9.17) is 0 Å². The van der Waals surface area contributed by atoms with E-state index >= 15 is 0 Å². The Labute approximate surface area is 90.3 Å². The molecule has 1 aromatic rings. The van der Waals surface area contributed by atoms with Crippen LogP contribution < -0.4 is 5.32 Å². The van der Waals surface area contributed by atoms with Gasteiger partial charge in [-0.25, -0.2) is 0 Å². The molecule has 14 heavy (non-hydrogen) atoms. The average molecular weight is 207 g/mol. The quantitative estimate of drug-likeness (QED) is 0.810. The fraction of sp³-hybridized carbons (Fsp3) is 0.500. The number of thioether (sulfide) groups is 1. The van der Waals surface area contributed by atoms with E-state index in [1.165, 1.54) is 36.3 Å². The molecule has 0 unspecified atom stereocenters. The summed E-state index contributed by atoms with van der Waals surface area (Å²) in [5.41, 5.74) is 1.22. The molecule has 1 aliphatic carbocycles. The lowest BCUT2D eigenvalue weighted by atomic mass is 10.3. The zero-order chi connectivity index (χ0) is 9.80. The lowest BCUT2D eigenvalue weighted by molar-refractivity contribution is 0.886. The predicted molar refractivity (Wildman–Crippen MR) is 64.1 cm³/mol. The van der Waals surface area contributed by atoms with Crippen LogP contribution in [0.2, 0.25) is 0 Å². The monoisotopic (exact) mass is 207 g/mol. The van der Waals surface area contributed by atoms with Crippen LogP contribution in [0.1, 0.15) is 25.7 Å². The Bertz CT molecular complexity index is 292. The highest BCUT2D eigenvalue weighted by atomic mass is 32.2. The van der Waals surface area contributed by atoms with E-state index in [-0.39, 0.29) is 0 Å². The molecule has 0 aliphatic heterocycles. The predicted octanol–water partition coefficient (Wildman–Crippen LogP) is 3.76. The molecule has 1 fully saturated rings. The SMILES string of the molecule is CNc1cccc(SC2CCCC2)c1. The third-order valence-electron chi connectivity index (χ3n) is 2.73. The van der Waals surface area contributed by atoms with Crippen molar-refractivity contribution < 1.29 is 0 Å². The lowest BCUT2D eigenvalue weighted by Gasteiger charge is -2.09. The Morgan fingerprint density at radius 1 is 1.29 bits per heavy atom. The van der Waals surface area contributed by atoms with Crippen LogP contribution in [0.25, 0.3) is 0 Å². The molecule has 0 radical (unpaired) electrons. The molecule has 0 atom stereocenters. The summed E-state index contributed by atoms with van der Waals surface area (Å²) in [5, 5.41) is 4.04. The van der Waals surface area contributed by atoms with Crippen LogP contribution in [-0.2, 0) is 0 Å². The van der Waals surface area contributed by atoms with Crippen LogP contribution in [0.3, 0.4) is 0 Å². The normalized spacial score (nSPS) is 17.2.